The zero-order chi connectivity index (χ0) is 24.3. The smallest absolute Gasteiger partial charge is 0.411 e. The Hall–Kier alpha value is -2.97. The molecule has 33 heavy (non-hydrogen) atoms. The van der Waals surface area contributed by atoms with E-state index in [1.165, 1.54) is 30.3 Å². The van der Waals surface area contributed by atoms with Gasteiger partial charge in [-0.15, -0.1) is 0 Å². The van der Waals surface area contributed by atoms with E-state index < -0.39 is 36.2 Å². The van der Waals surface area contributed by atoms with E-state index in [9.17, 15) is 27.2 Å². The van der Waals surface area contributed by atoms with Crippen molar-refractivity contribution in [1.29, 1.82) is 0 Å². The summed E-state index contributed by atoms with van der Waals surface area (Å²) in [6, 6.07) is 5.76. The number of Topliss-reactive ketones (excluding diaryl/α,β-unsaturated/α-hetero) is 1. The van der Waals surface area contributed by atoms with Crippen LogP contribution in [0.4, 0.5) is 22.4 Å². The second-order valence-corrected chi connectivity index (χ2v) is 9.03. The third-order valence-corrected chi connectivity index (χ3v) is 5.26. The SMILES string of the molecule is CC(C)(C)OC(=O)N1C[C@H](F)C[C@H]1C(=O)CCc1cc(-c2ccc(C(F)F)cc2)c(F)cn1. The fraction of sp³-hybridized carbons (Fsp3) is 0.458. The molecule has 1 aliphatic heterocycles. The molecule has 0 saturated carbocycles. The average Bonchev–Trinajstić information content (AvgIpc) is 3.14. The van der Waals surface area contributed by atoms with Gasteiger partial charge in [0, 0.05) is 29.7 Å². The predicted octanol–water partition coefficient (Wildman–Crippen LogP) is 5.67. The Bertz CT molecular complexity index is 1010. The van der Waals surface area contributed by atoms with Gasteiger partial charge >= 0.3 is 6.09 Å². The van der Waals surface area contributed by atoms with Crippen molar-refractivity contribution in [3.8, 4) is 11.1 Å². The Morgan fingerprint density at radius 3 is 2.48 bits per heavy atom. The summed E-state index contributed by atoms with van der Waals surface area (Å²) >= 11 is 0. The maximum atomic E-state index is 14.3. The van der Waals surface area contributed by atoms with Crippen molar-refractivity contribution < 1.29 is 31.9 Å². The number of carbonyl (C=O) groups excluding carboxylic acids is 2. The predicted molar refractivity (Wildman–Crippen MR) is 114 cm³/mol. The number of carbonyl (C=O) groups is 2. The van der Waals surface area contributed by atoms with Gasteiger partial charge in [-0.3, -0.25) is 14.7 Å². The number of amides is 1. The highest BCUT2D eigenvalue weighted by atomic mass is 19.3. The van der Waals surface area contributed by atoms with E-state index in [4.69, 9.17) is 4.74 Å². The minimum Gasteiger partial charge on any atom is -0.444 e. The molecule has 0 radical (unpaired) electrons. The molecule has 2 aromatic rings. The van der Waals surface area contributed by atoms with Gasteiger partial charge < -0.3 is 4.74 Å². The van der Waals surface area contributed by atoms with E-state index in [0.29, 0.717) is 11.3 Å². The summed E-state index contributed by atoms with van der Waals surface area (Å²) in [6.45, 7) is 4.84. The number of halogens is 4. The van der Waals surface area contributed by atoms with Crippen LogP contribution >= 0.6 is 0 Å². The van der Waals surface area contributed by atoms with Crippen molar-refractivity contribution in [2.24, 2.45) is 0 Å². The maximum Gasteiger partial charge on any atom is 0.411 e. The third kappa shape index (κ3) is 6.30. The molecule has 9 heteroatoms. The quantitative estimate of drug-likeness (QED) is 0.515. The van der Waals surface area contributed by atoms with Gasteiger partial charge in [0.25, 0.3) is 6.43 Å². The van der Waals surface area contributed by atoms with Crippen LogP contribution in [0.15, 0.2) is 36.5 Å². The number of benzene rings is 1. The van der Waals surface area contributed by atoms with Gasteiger partial charge in [-0.05, 0) is 38.8 Å². The van der Waals surface area contributed by atoms with Gasteiger partial charge in [-0.25, -0.2) is 22.4 Å². The number of hydrogen-bond donors (Lipinski definition) is 0. The molecule has 0 bridgehead atoms. The van der Waals surface area contributed by atoms with E-state index in [1.807, 2.05) is 0 Å². The van der Waals surface area contributed by atoms with Crippen molar-refractivity contribution in [1.82, 2.24) is 9.88 Å². The lowest BCUT2D eigenvalue weighted by molar-refractivity contribution is -0.123. The number of likely N-dealkylation sites (tertiary alicyclic amines) is 1. The first kappa shape index (κ1) is 24.7. The van der Waals surface area contributed by atoms with Crippen LogP contribution in [0.25, 0.3) is 11.1 Å². The van der Waals surface area contributed by atoms with Crippen LogP contribution in [0, 0.1) is 5.82 Å². The molecule has 178 valence electrons. The normalized spacial score (nSPS) is 18.6. The number of ether oxygens (including phenoxy) is 1. The maximum absolute atomic E-state index is 14.3. The molecule has 1 aliphatic rings. The fourth-order valence-electron chi connectivity index (χ4n) is 3.68. The summed E-state index contributed by atoms with van der Waals surface area (Å²) in [5.74, 6) is -0.961. The van der Waals surface area contributed by atoms with Crippen molar-refractivity contribution >= 4 is 11.9 Å². The van der Waals surface area contributed by atoms with Gasteiger partial charge in [-0.1, -0.05) is 24.3 Å². The summed E-state index contributed by atoms with van der Waals surface area (Å²) in [4.78, 5) is 30.3. The Labute approximate surface area is 189 Å². The first-order valence-electron chi connectivity index (χ1n) is 10.6. The van der Waals surface area contributed by atoms with E-state index in [-0.39, 0.29) is 42.7 Å². The molecule has 1 aromatic heterocycles. The van der Waals surface area contributed by atoms with Crippen LogP contribution in [0.5, 0.6) is 0 Å². The van der Waals surface area contributed by atoms with E-state index in [1.54, 1.807) is 20.8 Å². The molecule has 0 aliphatic carbocycles. The fourth-order valence-corrected chi connectivity index (χ4v) is 3.68. The highest BCUT2D eigenvalue weighted by molar-refractivity contribution is 5.88. The molecular formula is C24H26F4N2O3. The minimum atomic E-state index is -2.62. The van der Waals surface area contributed by atoms with E-state index in [2.05, 4.69) is 4.98 Å². The Morgan fingerprint density at radius 1 is 1.21 bits per heavy atom. The number of aryl methyl sites for hydroxylation is 1. The summed E-state index contributed by atoms with van der Waals surface area (Å²) in [6.07, 6.45) is -3.65. The van der Waals surface area contributed by atoms with Crippen LogP contribution < -0.4 is 0 Å². The lowest BCUT2D eigenvalue weighted by Crippen LogP contribution is -2.43. The molecule has 2 atom stereocenters. The topological polar surface area (TPSA) is 59.5 Å². The Kier molecular flexibility index (Phi) is 7.39. The van der Waals surface area contributed by atoms with Crippen molar-refractivity contribution in [2.45, 2.75) is 64.3 Å². The second-order valence-electron chi connectivity index (χ2n) is 9.03. The summed E-state index contributed by atoms with van der Waals surface area (Å²) in [5.41, 5.74) is 0.0427. The molecule has 1 amide bonds. The zero-order valence-corrected chi connectivity index (χ0v) is 18.7. The lowest BCUT2D eigenvalue weighted by Gasteiger charge is -2.27. The number of nitrogens with zero attached hydrogens (tertiary/aromatic N) is 2. The molecule has 1 saturated heterocycles. The van der Waals surface area contributed by atoms with E-state index >= 15 is 0 Å². The summed E-state index contributed by atoms with van der Waals surface area (Å²) < 4.78 is 59.1. The average molecular weight is 466 g/mol. The van der Waals surface area contributed by atoms with Gasteiger partial charge in [0.15, 0.2) is 5.78 Å². The Morgan fingerprint density at radius 2 is 1.88 bits per heavy atom. The molecule has 0 spiro atoms. The standard InChI is InChI=1S/C24H26F4N2O3/c1-24(2,3)33-23(32)30-13-16(25)10-20(30)21(31)9-8-17-11-18(19(26)12-29-17)14-4-6-15(7-5-14)22(27)28/h4-7,11-12,16,20,22H,8-10,13H2,1-3H3/t16-,20+/m1/s1. The zero-order valence-electron chi connectivity index (χ0n) is 18.7. The van der Waals surface area contributed by atoms with Crippen LogP contribution in [0.3, 0.4) is 0 Å². The molecule has 2 heterocycles. The molecule has 3 rings (SSSR count). The monoisotopic (exact) mass is 466 g/mol. The first-order valence-corrected chi connectivity index (χ1v) is 10.6. The number of ketones is 1. The first-order chi connectivity index (χ1) is 15.4. The summed E-state index contributed by atoms with van der Waals surface area (Å²) in [7, 11) is 0. The van der Waals surface area contributed by atoms with Gasteiger partial charge in [0.1, 0.15) is 17.6 Å². The molecule has 5 nitrogen and oxygen atoms in total. The number of hydrogen-bond acceptors (Lipinski definition) is 4. The van der Waals surface area contributed by atoms with Crippen molar-refractivity contribution in [2.75, 3.05) is 6.54 Å². The second kappa shape index (κ2) is 9.89. The number of rotatable bonds is 6. The number of pyridine rings is 1. The molecule has 1 aromatic carbocycles. The van der Waals surface area contributed by atoms with Crippen LogP contribution in [0.2, 0.25) is 0 Å². The van der Waals surface area contributed by atoms with Gasteiger partial charge in [-0.2, -0.15) is 0 Å². The summed E-state index contributed by atoms with van der Waals surface area (Å²) in [5, 5.41) is 0. The minimum absolute atomic E-state index is 0.0287. The highest BCUT2D eigenvalue weighted by Crippen LogP contribution is 2.28. The van der Waals surface area contributed by atoms with Crippen molar-refractivity contribution in [3.05, 3.63) is 53.6 Å². The van der Waals surface area contributed by atoms with Crippen LogP contribution in [-0.2, 0) is 16.0 Å². The van der Waals surface area contributed by atoms with Gasteiger partial charge in [0.2, 0.25) is 0 Å². The largest absolute Gasteiger partial charge is 0.444 e. The van der Waals surface area contributed by atoms with Crippen molar-refractivity contribution in [3.63, 3.8) is 0 Å². The molecular weight excluding hydrogens is 440 g/mol. The highest BCUT2D eigenvalue weighted by Gasteiger charge is 2.41. The van der Waals surface area contributed by atoms with E-state index in [0.717, 1.165) is 11.1 Å². The lowest BCUT2D eigenvalue weighted by atomic mass is 10.0. The Balaban J connectivity index is 1.69. The molecule has 0 N–H and O–H groups in total. The number of alkyl halides is 3. The van der Waals surface area contributed by atoms with Crippen LogP contribution in [0.1, 0.15) is 51.3 Å². The number of aromatic nitrogens is 1. The molecule has 1 fully saturated rings. The third-order valence-electron chi connectivity index (χ3n) is 5.26. The van der Waals surface area contributed by atoms with Gasteiger partial charge in [0.05, 0.1) is 18.8 Å². The van der Waals surface area contributed by atoms with Crippen LogP contribution in [-0.4, -0.2) is 46.1 Å². The molecule has 0 unspecified atom stereocenters.